The number of carbonyl (C=O) groups is 2. The van der Waals surface area contributed by atoms with Crippen LogP contribution in [-0.4, -0.2) is 62.1 Å². The smallest absolute Gasteiger partial charge is 0.407 e. The predicted octanol–water partition coefficient (Wildman–Crippen LogP) is 3.90. The van der Waals surface area contributed by atoms with Crippen molar-refractivity contribution in [1.82, 2.24) is 30.2 Å². The number of aromatic amines is 1. The Morgan fingerprint density at radius 3 is 2.67 bits per heavy atom. The molecule has 2 N–H and O–H groups in total. The lowest BCUT2D eigenvalue weighted by Crippen LogP contribution is -2.36. The Hall–Kier alpha value is -4.54. The monoisotopic (exact) mass is 532 g/mol. The van der Waals surface area contributed by atoms with Gasteiger partial charge in [0.2, 0.25) is 0 Å². The molecule has 0 aliphatic carbocycles. The van der Waals surface area contributed by atoms with Crippen molar-refractivity contribution in [1.29, 1.82) is 0 Å². The molecule has 11 heteroatoms. The van der Waals surface area contributed by atoms with Crippen molar-refractivity contribution in [2.24, 2.45) is 5.92 Å². The van der Waals surface area contributed by atoms with Crippen molar-refractivity contribution in [3.63, 3.8) is 0 Å². The van der Waals surface area contributed by atoms with Crippen LogP contribution in [0.4, 0.5) is 9.18 Å². The number of aromatic nitrogens is 4. The number of nitrogens with one attached hydrogen (secondary N) is 2. The molecule has 1 aliphatic rings. The van der Waals surface area contributed by atoms with E-state index >= 15 is 0 Å². The minimum Gasteiger partial charge on any atom is -0.444 e. The highest BCUT2D eigenvalue weighted by Gasteiger charge is 2.28. The summed E-state index contributed by atoms with van der Waals surface area (Å²) in [6, 6.07) is 12.7. The number of rotatable bonds is 5. The number of alkyl carbamates (subject to hydrolysis) is 1. The summed E-state index contributed by atoms with van der Waals surface area (Å²) in [5, 5.41) is 11.6. The Labute approximate surface area is 223 Å². The number of hydrogen-bond acceptors (Lipinski definition) is 6. The molecule has 0 saturated carbocycles. The topological polar surface area (TPSA) is 122 Å². The first-order chi connectivity index (χ1) is 18.6. The number of ether oxygens (including phenoxy) is 1. The molecule has 1 saturated heterocycles. The van der Waals surface area contributed by atoms with Gasteiger partial charge < -0.3 is 19.9 Å². The largest absolute Gasteiger partial charge is 0.444 e. The number of likely N-dealkylation sites (tertiary alicyclic amines) is 1. The molecule has 1 atom stereocenters. The van der Waals surface area contributed by atoms with E-state index in [1.165, 1.54) is 22.9 Å². The lowest BCUT2D eigenvalue weighted by atomic mass is 10.1. The summed E-state index contributed by atoms with van der Waals surface area (Å²) in [5.41, 5.74) is 1.42. The van der Waals surface area contributed by atoms with Crippen molar-refractivity contribution < 1.29 is 18.7 Å². The van der Waals surface area contributed by atoms with Gasteiger partial charge in [0.25, 0.3) is 11.5 Å². The van der Waals surface area contributed by atoms with Crippen molar-refractivity contribution in [2.75, 3.05) is 19.6 Å². The van der Waals surface area contributed by atoms with Gasteiger partial charge in [0, 0.05) is 36.1 Å². The van der Waals surface area contributed by atoms with Crippen LogP contribution in [0.3, 0.4) is 0 Å². The van der Waals surface area contributed by atoms with Crippen molar-refractivity contribution in [3.8, 4) is 16.9 Å². The fourth-order valence-electron chi connectivity index (χ4n) is 4.55. The van der Waals surface area contributed by atoms with Gasteiger partial charge in [-0.2, -0.15) is 0 Å². The van der Waals surface area contributed by atoms with Gasteiger partial charge in [-0.25, -0.2) is 13.9 Å². The second kappa shape index (κ2) is 10.3. The maximum Gasteiger partial charge on any atom is 0.407 e. The lowest BCUT2D eigenvalue weighted by molar-refractivity contribution is 0.0520. The minimum atomic E-state index is -0.559. The van der Waals surface area contributed by atoms with Crippen LogP contribution in [0.2, 0.25) is 0 Å². The molecule has 1 aliphatic heterocycles. The maximum absolute atomic E-state index is 13.6. The van der Waals surface area contributed by atoms with E-state index in [1.807, 2.05) is 20.8 Å². The summed E-state index contributed by atoms with van der Waals surface area (Å²) in [4.78, 5) is 42.0. The van der Waals surface area contributed by atoms with E-state index in [0.717, 1.165) is 6.42 Å². The molecule has 1 fully saturated rings. The standard InChI is InChI=1S/C28H29FN6O4/c1-28(2,3)39-27(38)30-14-17-10-11-34(15-17)26(37)18-4-7-21(8-5-18)35-16-24(32-33-35)22-13-19-12-20(29)6-9-23(19)31-25(22)36/h4-9,12-13,16-17H,10-11,14-15H2,1-3H3,(H,30,38)(H,31,36)/t17-/m0/s1. The Morgan fingerprint density at radius 1 is 1.15 bits per heavy atom. The molecule has 5 rings (SSSR count). The number of fused-ring (bicyclic) bond motifs is 1. The van der Waals surface area contributed by atoms with Gasteiger partial charge in [0.1, 0.15) is 17.1 Å². The number of hydrogen-bond donors (Lipinski definition) is 2. The predicted molar refractivity (Wildman–Crippen MR) is 143 cm³/mol. The van der Waals surface area contributed by atoms with Gasteiger partial charge >= 0.3 is 6.09 Å². The van der Waals surface area contributed by atoms with Gasteiger partial charge in [-0.05, 0) is 81.6 Å². The summed E-state index contributed by atoms with van der Waals surface area (Å²) < 4.78 is 20.4. The van der Waals surface area contributed by atoms with Crippen molar-refractivity contribution in [3.05, 3.63) is 76.5 Å². The van der Waals surface area contributed by atoms with Crippen molar-refractivity contribution in [2.45, 2.75) is 32.8 Å². The molecule has 39 heavy (non-hydrogen) atoms. The molecular weight excluding hydrogens is 503 g/mol. The van der Waals surface area contributed by atoms with Gasteiger partial charge in [0.15, 0.2) is 0 Å². The Kier molecular flexibility index (Phi) is 6.90. The van der Waals surface area contributed by atoms with Gasteiger partial charge in [0.05, 0.1) is 17.4 Å². The van der Waals surface area contributed by atoms with E-state index in [-0.39, 0.29) is 22.9 Å². The summed E-state index contributed by atoms with van der Waals surface area (Å²) in [5.74, 6) is -0.333. The van der Waals surface area contributed by atoms with E-state index in [4.69, 9.17) is 4.74 Å². The molecule has 0 spiro atoms. The number of nitrogens with zero attached hydrogens (tertiary/aromatic N) is 4. The highest BCUT2D eigenvalue weighted by atomic mass is 19.1. The summed E-state index contributed by atoms with van der Waals surface area (Å²) >= 11 is 0. The quantitative estimate of drug-likeness (QED) is 0.402. The van der Waals surface area contributed by atoms with Crippen LogP contribution in [0, 0.1) is 11.7 Å². The molecule has 10 nitrogen and oxygen atoms in total. The Morgan fingerprint density at radius 2 is 1.92 bits per heavy atom. The molecule has 0 bridgehead atoms. The summed E-state index contributed by atoms with van der Waals surface area (Å²) in [6.07, 6.45) is 1.94. The van der Waals surface area contributed by atoms with Crippen LogP contribution in [0.15, 0.2) is 59.5 Å². The maximum atomic E-state index is 13.6. The highest BCUT2D eigenvalue weighted by Crippen LogP contribution is 2.22. The second-order valence-corrected chi connectivity index (χ2v) is 10.6. The molecule has 4 aromatic rings. The molecule has 3 heterocycles. The van der Waals surface area contributed by atoms with E-state index in [1.54, 1.807) is 41.4 Å². The zero-order chi connectivity index (χ0) is 27.7. The average molecular weight is 533 g/mol. The number of pyridine rings is 1. The number of benzene rings is 2. The van der Waals surface area contributed by atoms with E-state index < -0.39 is 17.5 Å². The van der Waals surface area contributed by atoms with Crippen molar-refractivity contribution >= 4 is 22.9 Å². The number of carbonyl (C=O) groups excluding carboxylic acids is 2. The molecule has 2 aromatic carbocycles. The van der Waals surface area contributed by atoms with Crippen LogP contribution >= 0.6 is 0 Å². The van der Waals surface area contributed by atoms with E-state index in [0.29, 0.717) is 47.5 Å². The summed E-state index contributed by atoms with van der Waals surface area (Å²) in [6.45, 7) is 7.03. The number of halogens is 1. The third-order valence-electron chi connectivity index (χ3n) is 6.46. The SMILES string of the molecule is CC(C)(C)OC(=O)NC[C@@H]1CCN(C(=O)c2ccc(-n3cc(-c4cc5cc(F)ccc5[nH]c4=O)nn3)cc2)C1. The van der Waals surface area contributed by atoms with E-state index in [9.17, 15) is 18.8 Å². The van der Waals surface area contributed by atoms with Crippen LogP contribution in [0.5, 0.6) is 0 Å². The fourth-order valence-corrected chi connectivity index (χ4v) is 4.55. The second-order valence-electron chi connectivity index (χ2n) is 10.6. The first kappa shape index (κ1) is 26.1. The molecular formula is C28H29FN6O4. The van der Waals surface area contributed by atoms with E-state index in [2.05, 4.69) is 20.6 Å². The van der Waals surface area contributed by atoms with Crippen LogP contribution in [0.1, 0.15) is 37.6 Å². The summed E-state index contributed by atoms with van der Waals surface area (Å²) in [7, 11) is 0. The Balaban J connectivity index is 1.23. The first-order valence-electron chi connectivity index (χ1n) is 12.7. The molecule has 0 unspecified atom stereocenters. The lowest BCUT2D eigenvalue weighted by Gasteiger charge is -2.21. The highest BCUT2D eigenvalue weighted by molar-refractivity contribution is 5.94. The van der Waals surface area contributed by atoms with Gasteiger partial charge in [-0.15, -0.1) is 5.10 Å². The molecule has 0 radical (unpaired) electrons. The van der Waals surface area contributed by atoms with Crippen LogP contribution in [-0.2, 0) is 4.74 Å². The molecule has 202 valence electrons. The fraction of sp³-hybridized carbons (Fsp3) is 0.321. The average Bonchev–Trinajstić information content (AvgIpc) is 3.56. The third kappa shape index (κ3) is 5.97. The first-order valence-corrected chi connectivity index (χ1v) is 12.7. The zero-order valence-corrected chi connectivity index (χ0v) is 21.9. The molecule has 2 aromatic heterocycles. The Bertz CT molecular complexity index is 1590. The minimum absolute atomic E-state index is 0.0875. The third-order valence-corrected chi connectivity index (χ3v) is 6.46. The van der Waals surface area contributed by atoms with Gasteiger partial charge in [-0.1, -0.05) is 5.21 Å². The number of amides is 2. The zero-order valence-electron chi connectivity index (χ0n) is 21.9. The number of H-pyrrole nitrogens is 1. The van der Waals surface area contributed by atoms with Crippen LogP contribution < -0.4 is 10.9 Å². The van der Waals surface area contributed by atoms with Gasteiger partial charge in [-0.3, -0.25) is 9.59 Å². The normalized spacial score (nSPS) is 15.5. The molecule has 2 amide bonds. The van der Waals surface area contributed by atoms with Crippen LogP contribution in [0.25, 0.3) is 27.8 Å².